The van der Waals surface area contributed by atoms with Gasteiger partial charge in [0, 0.05) is 12.1 Å². The molecule has 0 aliphatic heterocycles. The van der Waals surface area contributed by atoms with E-state index in [0.29, 0.717) is 6.07 Å². The van der Waals surface area contributed by atoms with Gasteiger partial charge in [-0.25, -0.2) is 13.2 Å². The second-order valence-corrected chi connectivity index (χ2v) is 6.19. The number of nitrogens with one attached hydrogen (secondary N) is 1. The zero-order chi connectivity index (χ0) is 15.2. The van der Waals surface area contributed by atoms with E-state index in [9.17, 15) is 13.2 Å². The first-order chi connectivity index (χ1) is 9.88. The minimum absolute atomic E-state index is 0.137. The van der Waals surface area contributed by atoms with E-state index in [1.807, 2.05) is 24.3 Å². The van der Waals surface area contributed by atoms with Gasteiger partial charge >= 0.3 is 0 Å². The number of halogens is 3. The Morgan fingerprint density at radius 3 is 2.57 bits per heavy atom. The van der Waals surface area contributed by atoms with Crippen molar-refractivity contribution >= 4 is 5.69 Å². The highest BCUT2D eigenvalue weighted by molar-refractivity contribution is 5.51. The summed E-state index contributed by atoms with van der Waals surface area (Å²) < 4.78 is 40.5. The van der Waals surface area contributed by atoms with E-state index in [4.69, 9.17) is 0 Å². The molecule has 0 bridgehead atoms. The molecule has 0 saturated carbocycles. The molecule has 0 amide bonds. The maximum absolute atomic E-state index is 13.9. The van der Waals surface area contributed by atoms with Crippen LogP contribution in [0.4, 0.5) is 18.9 Å². The fraction of sp³-hybridized carbons (Fsp3) is 0.294. The van der Waals surface area contributed by atoms with Crippen molar-refractivity contribution in [3.05, 3.63) is 65.0 Å². The van der Waals surface area contributed by atoms with Crippen LogP contribution in [0.25, 0.3) is 0 Å². The third-order valence-electron chi connectivity index (χ3n) is 4.09. The number of hydrogen-bond acceptors (Lipinski definition) is 1. The Bertz CT molecular complexity index is 694. The summed E-state index contributed by atoms with van der Waals surface area (Å²) in [7, 11) is 0. The van der Waals surface area contributed by atoms with Crippen molar-refractivity contribution < 1.29 is 13.2 Å². The zero-order valence-electron chi connectivity index (χ0n) is 11.9. The smallest absolute Gasteiger partial charge is 0.182 e. The van der Waals surface area contributed by atoms with Gasteiger partial charge in [0.1, 0.15) is 5.82 Å². The molecule has 21 heavy (non-hydrogen) atoms. The number of hydrogen-bond donors (Lipinski definition) is 1. The van der Waals surface area contributed by atoms with Crippen LogP contribution in [0.15, 0.2) is 36.4 Å². The Kier molecular flexibility index (Phi) is 3.19. The quantitative estimate of drug-likeness (QED) is 0.781. The largest absolute Gasteiger partial charge is 0.375 e. The molecule has 0 saturated heterocycles. The molecular formula is C17H16F3N. The van der Waals surface area contributed by atoms with Crippen LogP contribution < -0.4 is 5.32 Å². The van der Waals surface area contributed by atoms with Crippen molar-refractivity contribution in [2.24, 2.45) is 5.41 Å². The van der Waals surface area contributed by atoms with Crippen LogP contribution in [-0.4, -0.2) is 0 Å². The number of fused-ring (bicyclic) bond motifs is 1. The summed E-state index contributed by atoms with van der Waals surface area (Å²) in [6.45, 7) is 4.11. The van der Waals surface area contributed by atoms with E-state index >= 15 is 0 Å². The second-order valence-electron chi connectivity index (χ2n) is 6.19. The van der Waals surface area contributed by atoms with Crippen LogP contribution in [0.5, 0.6) is 0 Å². The van der Waals surface area contributed by atoms with Gasteiger partial charge in [0.15, 0.2) is 11.6 Å². The number of rotatable bonds is 2. The topological polar surface area (TPSA) is 12.0 Å². The lowest BCUT2D eigenvalue weighted by atomic mass is 9.85. The van der Waals surface area contributed by atoms with Crippen molar-refractivity contribution in [2.45, 2.75) is 26.3 Å². The second kappa shape index (κ2) is 4.79. The summed E-state index contributed by atoms with van der Waals surface area (Å²) in [5.41, 5.74) is 1.92. The summed E-state index contributed by atoms with van der Waals surface area (Å²) in [6, 6.07) is 9.22. The lowest BCUT2D eigenvalue weighted by Crippen LogP contribution is -2.25. The van der Waals surface area contributed by atoms with Crippen molar-refractivity contribution in [1.29, 1.82) is 0 Å². The fourth-order valence-electron chi connectivity index (χ4n) is 3.08. The predicted octanol–water partition coefficient (Wildman–Crippen LogP) is 4.84. The van der Waals surface area contributed by atoms with Gasteiger partial charge in [0.2, 0.25) is 0 Å². The van der Waals surface area contributed by atoms with E-state index in [2.05, 4.69) is 19.2 Å². The molecule has 1 unspecified atom stereocenters. The molecule has 1 aliphatic carbocycles. The van der Waals surface area contributed by atoms with Crippen LogP contribution in [0.1, 0.15) is 31.0 Å². The van der Waals surface area contributed by atoms with Crippen molar-refractivity contribution in [3.63, 3.8) is 0 Å². The molecule has 1 N–H and O–H groups in total. The fourth-order valence-corrected chi connectivity index (χ4v) is 3.08. The maximum atomic E-state index is 13.9. The molecular weight excluding hydrogens is 275 g/mol. The van der Waals surface area contributed by atoms with Crippen molar-refractivity contribution in [1.82, 2.24) is 0 Å². The van der Waals surface area contributed by atoms with Gasteiger partial charge in [-0.3, -0.25) is 0 Å². The minimum atomic E-state index is -1.18. The highest BCUT2D eigenvalue weighted by atomic mass is 19.2. The Hall–Kier alpha value is -1.97. The summed E-state index contributed by atoms with van der Waals surface area (Å²) in [5.74, 6) is -3.02. The van der Waals surface area contributed by atoms with Gasteiger partial charge in [0.05, 0.1) is 11.7 Å². The van der Waals surface area contributed by atoms with E-state index in [-0.39, 0.29) is 17.1 Å². The molecule has 2 aromatic carbocycles. The first-order valence-electron chi connectivity index (χ1n) is 6.87. The molecule has 0 spiro atoms. The van der Waals surface area contributed by atoms with E-state index in [1.165, 1.54) is 5.56 Å². The summed E-state index contributed by atoms with van der Waals surface area (Å²) in [4.78, 5) is 0. The van der Waals surface area contributed by atoms with E-state index in [1.54, 1.807) is 0 Å². The van der Waals surface area contributed by atoms with Crippen LogP contribution in [0, 0.1) is 22.9 Å². The van der Waals surface area contributed by atoms with Crippen LogP contribution in [-0.2, 0) is 6.42 Å². The highest BCUT2D eigenvalue weighted by Crippen LogP contribution is 2.47. The van der Waals surface area contributed by atoms with Gasteiger partial charge in [-0.15, -0.1) is 0 Å². The average Bonchev–Trinajstić information content (AvgIpc) is 2.66. The Morgan fingerprint density at radius 2 is 1.81 bits per heavy atom. The van der Waals surface area contributed by atoms with Gasteiger partial charge in [-0.05, 0) is 23.0 Å². The minimum Gasteiger partial charge on any atom is -0.375 e. The third kappa shape index (κ3) is 2.39. The lowest BCUT2D eigenvalue weighted by Gasteiger charge is -2.29. The van der Waals surface area contributed by atoms with Crippen molar-refractivity contribution in [3.8, 4) is 0 Å². The Balaban J connectivity index is 2.02. The normalized spacial score (nSPS) is 19.4. The van der Waals surface area contributed by atoms with Gasteiger partial charge in [-0.2, -0.15) is 0 Å². The van der Waals surface area contributed by atoms with E-state index in [0.717, 1.165) is 18.1 Å². The van der Waals surface area contributed by atoms with Crippen LogP contribution in [0.2, 0.25) is 0 Å². The monoisotopic (exact) mass is 291 g/mol. The summed E-state index contributed by atoms with van der Waals surface area (Å²) in [5, 5.41) is 2.98. The third-order valence-corrected chi connectivity index (χ3v) is 4.09. The predicted molar refractivity (Wildman–Crippen MR) is 76.6 cm³/mol. The maximum Gasteiger partial charge on any atom is 0.182 e. The first kappa shape index (κ1) is 14.0. The molecule has 1 aliphatic rings. The number of anilines is 1. The van der Waals surface area contributed by atoms with E-state index < -0.39 is 17.5 Å². The molecule has 110 valence electrons. The molecule has 1 nitrogen and oxygen atoms in total. The molecule has 1 atom stereocenters. The standard InChI is InChI=1S/C17H16F3N/c1-17(2)9-10-5-3-4-6-12(10)16(17)21-14-8-11(18)7-13(19)15(14)20/h3-8,16,21H,9H2,1-2H3. The van der Waals surface area contributed by atoms with Crippen molar-refractivity contribution in [2.75, 3.05) is 5.32 Å². The SMILES string of the molecule is CC1(C)Cc2ccccc2C1Nc1cc(F)cc(F)c1F. The van der Waals surface area contributed by atoms with Gasteiger partial charge in [0.25, 0.3) is 0 Å². The Labute approximate surface area is 121 Å². The molecule has 2 aromatic rings. The Morgan fingerprint density at radius 1 is 1.10 bits per heavy atom. The molecule has 0 fully saturated rings. The summed E-state index contributed by atoms with van der Waals surface area (Å²) >= 11 is 0. The number of benzene rings is 2. The molecule has 3 rings (SSSR count). The summed E-state index contributed by atoms with van der Waals surface area (Å²) in [6.07, 6.45) is 0.834. The molecule has 0 heterocycles. The van der Waals surface area contributed by atoms with Crippen LogP contribution >= 0.6 is 0 Å². The lowest BCUT2D eigenvalue weighted by molar-refractivity contribution is 0.336. The molecule has 0 radical (unpaired) electrons. The van der Waals surface area contributed by atoms with Gasteiger partial charge < -0.3 is 5.32 Å². The van der Waals surface area contributed by atoms with Gasteiger partial charge in [-0.1, -0.05) is 38.1 Å². The van der Waals surface area contributed by atoms with Crippen LogP contribution in [0.3, 0.4) is 0 Å². The highest BCUT2D eigenvalue weighted by Gasteiger charge is 2.39. The zero-order valence-corrected chi connectivity index (χ0v) is 11.9. The average molecular weight is 291 g/mol. The molecule has 4 heteroatoms. The first-order valence-corrected chi connectivity index (χ1v) is 6.87. The molecule has 0 aromatic heterocycles.